The molecule has 0 heterocycles. The second-order valence-electron chi connectivity index (χ2n) is 23.3. The number of unbranched alkanes of at least 4 members (excludes halogenated alkanes) is 10. The van der Waals surface area contributed by atoms with E-state index in [0.717, 1.165) is 24.7 Å². The smallest absolute Gasteiger partial charge is 0.0520 e. The summed E-state index contributed by atoms with van der Waals surface area (Å²) in [4.78, 5) is 5.25. The Morgan fingerprint density at radius 2 is 0.722 bits per heavy atom. The highest BCUT2D eigenvalue weighted by atomic mass is 15.2. The molecule has 0 aliphatic heterocycles. The van der Waals surface area contributed by atoms with Crippen LogP contribution in [0.2, 0.25) is 0 Å². The van der Waals surface area contributed by atoms with Gasteiger partial charge in [0, 0.05) is 33.6 Å². The van der Waals surface area contributed by atoms with E-state index in [4.69, 9.17) is 0 Å². The molecule has 0 N–H and O–H groups in total. The van der Waals surface area contributed by atoms with Crippen molar-refractivity contribution in [1.29, 1.82) is 0 Å². The highest BCUT2D eigenvalue weighted by Crippen LogP contribution is 2.73. The van der Waals surface area contributed by atoms with E-state index < -0.39 is 0 Å². The number of rotatable bonds is 24. The van der Waals surface area contributed by atoms with Crippen LogP contribution in [0.4, 0.5) is 34.1 Å². The van der Waals surface area contributed by atoms with Gasteiger partial charge < -0.3 is 9.80 Å². The predicted molar refractivity (Wildman–Crippen MR) is 313 cm³/mol. The Hall–Kier alpha value is -5.08. The minimum atomic E-state index is 0.0763. The first-order valence-electron chi connectivity index (χ1n) is 29.3. The van der Waals surface area contributed by atoms with E-state index in [2.05, 4.69) is 187 Å². The Morgan fingerprint density at radius 3 is 1.07 bits per heavy atom. The highest BCUT2D eigenvalue weighted by Gasteiger charge is 2.66. The van der Waals surface area contributed by atoms with Gasteiger partial charge in [0.25, 0.3) is 0 Å². The normalized spacial score (nSPS) is 19.7. The molecule has 72 heavy (non-hydrogen) atoms. The van der Waals surface area contributed by atoms with Crippen LogP contribution in [-0.2, 0) is 23.7 Å². The predicted octanol–water partition coefficient (Wildman–Crippen LogP) is 21.2. The number of hydrogen-bond acceptors (Lipinski definition) is 2. The maximum atomic E-state index is 2.74. The zero-order chi connectivity index (χ0) is 50.2. The van der Waals surface area contributed by atoms with Crippen molar-refractivity contribution in [2.45, 2.75) is 207 Å². The largest absolute Gasteiger partial charge is 0.310 e. The number of nitrogens with zero attached hydrogens (tertiary/aromatic N) is 2. The Kier molecular flexibility index (Phi) is 16.9. The zero-order valence-electron chi connectivity index (χ0n) is 46.2. The van der Waals surface area contributed by atoms with Crippen molar-refractivity contribution in [2.75, 3.05) is 9.80 Å². The first-order chi connectivity index (χ1) is 35.1. The third-order valence-electron chi connectivity index (χ3n) is 18.0. The molecule has 0 aromatic heterocycles. The van der Waals surface area contributed by atoms with Gasteiger partial charge in [-0.1, -0.05) is 190 Å². The summed E-state index contributed by atoms with van der Waals surface area (Å²) in [6.07, 6.45) is 28.7. The third-order valence-corrected chi connectivity index (χ3v) is 18.0. The number of fused-ring (bicyclic) bond motifs is 3. The van der Waals surface area contributed by atoms with Crippen molar-refractivity contribution >= 4 is 34.1 Å². The molecule has 3 aliphatic carbocycles. The average Bonchev–Trinajstić information content (AvgIpc) is 3.89. The van der Waals surface area contributed by atoms with E-state index in [9.17, 15) is 0 Å². The molecule has 2 saturated carbocycles. The molecule has 2 heteroatoms. The van der Waals surface area contributed by atoms with Crippen LogP contribution in [0.25, 0.3) is 11.1 Å². The second-order valence-corrected chi connectivity index (χ2v) is 23.3. The van der Waals surface area contributed by atoms with Crippen molar-refractivity contribution in [1.82, 2.24) is 0 Å². The van der Waals surface area contributed by atoms with Gasteiger partial charge in [-0.25, -0.2) is 0 Å². The van der Waals surface area contributed by atoms with Crippen LogP contribution in [0.3, 0.4) is 0 Å². The van der Waals surface area contributed by atoms with Crippen LogP contribution in [0.1, 0.15) is 201 Å². The van der Waals surface area contributed by atoms with E-state index in [1.165, 1.54) is 207 Å². The standard InChI is InChI=1S/C70H90N2/c1-9-13-17-19-23-31-57-47-69-49-58(32-24-20-18-14-10-2)50-70(69,48-57)66-46-62(72(60-35-27-22-28-36-60)68-53(7)43-56(30-16-12-4)44-54(68)8)38-40-64(66)63-39-37-61(45-65(63)69)71(59-33-25-21-26-34-59)67-51(5)41-55(29-15-11-3)42-52(67)6/h21-22,25-28,33-46,57-58H,9-20,23-24,29-32,47-50H2,1-8H3/t57?,58?,69-,70+. The van der Waals surface area contributed by atoms with E-state index in [-0.39, 0.29) is 10.8 Å². The minimum absolute atomic E-state index is 0.0763. The maximum Gasteiger partial charge on any atom is 0.0520 e. The van der Waals surface area contributed by atoms with Crippen LogP contribution >= 0.6 is 0 Å². The number of benzene rings is 6. The van der Waals surface area contributed by atoms with Crippen LogP contribution in [0.15, 0.2) is 121 Å². The van der Waals surface area contributed by atoms with E-state index in [1.807, 2.05) is 0 Å². The summed E-state index contributed by atoms with van der Waals surface area (Å²) in [5.41, 5.74) is 22.6. The lowest BCUT2D eigenvalue weighted by atomic mass is 9.55. The van der Waals surface area contributed by atoms with Crippen molar-refractivity contribution in [3.05, 3.63) is 166 Å². The fraction of sp³-hybridized carbons (Fsp3) is 0.486. The second kappa shape index (κ2) is 23.4. The molecule has 0 atom stereocenters. The Bertz CT molecular complexity index is 2480. The molecule has 6 aromatic carbocycles. The molecule has 0 spiro atoms. The summed E-state index contributed by atoms with van der Waals surface area (Å²) in [5.74, 6) is 1.44. The maximum absolute atomic E-state index is 2.74. The molecular formula is C70H90N2. The van der Waals surface area contributed by atoms with Gasteiger partial charge in [-0.3, -0.25) is 0 Å². The summed E-state index contributed by atoms with van der Waals surface area (Å²) >= 11 is 0. The molecule has 3 aliphatic rings. The highest BCUT2D eigenvalue weighted by molar-refractivity contribution is 5.89. The lowest BCUT2D eigenvalue weighted by Crippen LogP contribution is -2.43. The van der Waals surface area contributed by atoms with E-state index in [0.29, 0.717) is 0 Å². The lowest BCUT2D eigenvalue weighted by molar-refractivity contribution is 0.299. The van der Waals surface area contributed by atoms with Crippen LogP contribution < -0.4 is 9.80 Å². The Balaban J connectivity index is 1.25. The number of hydrogen-bond donors (Lipinski definition) is 0. The third kappa shape index (κ3) is 10.4. The van der Waals surface area contributed by atoms with Gasteiger partial charge >= 0.3 is 0 Å². The van der Waals surface area contributed by atoms with Gasteiger partial charge in [-0.15, -0.1) is 0 Å². The van der Waals surface area contributed by atoms with E-state index >= 15 is 0 Å². The lowest BCUT2D eigenvalue weighted by Gasteiger charge is -2.48. The molecular weight excluding hydrogens is 869 g/mol. The van der Waals surface area contributed by atoms with Gasteiger partial charge in [0.1, 0.15) is 0 Å². The van der Waals surface area contributed by atoms with Gasteiger partial charge in [-0.2, -0.15) is 0 Å². The summed E-state index contributed by atoms with van der Waals surface area (Å²) < 4.78 is 0. The van der Waals surface area contributed by atoms with Crippen LogP contribution in [-0.4, -0.2) is 0 Å². The summed E-state index contributed by atoms with van der Waals surface area (Å²) in [7, 11) is 0. The molecule has 0 amide bonds. The van der Waals surface area contributed by atoms with E-state index in [1.54, 1.807) is 11.1 Å². The van der Waals surface area contributed by atoms with Gasteiger partial charge in [0.2, 0.25) is 0 Å². The fourth-order valence-electron chi connectivity index (χ4n) is 14.9. The molecule has 0 bridgehead atoms. The first kappa shape index (κ1) is 51.8. The van der Waals surface area contributed by atoms with Crippen molar-refractivity contribution in [3.8, 4) is 11.1 Å². The quantitative estimate of drug-likeness (QED) is 0.0558. The molecule has 380 valence electrons. The first-order valence-corrected chi connectivity index (χ1v) is 29.3. The Labute approximate surface area is 438 Å². The number of anilines is 6. The molecule has 0 saturated heterocycles. The summed E-state index contributed by atoms with van der Waals surface area (Å²) in [5, 5.41) is 0. The van der Waals surface area contributed by atoms with Gasteiger partial charge in [-0.05, 0) is 195 Å². The van der Waals surface area contributed by atoms with Crippen molar-refractivity contribution in [2.24, 2.45) is 11.8 Å². The Morgan fingerprint density at radius 1 is 0.375 bits per heavy atom. The average molecular weight is 960 g/mol. The summed E-state index contributed by atoms with van der Waals surface area (Å²) in [6, 6.07) is 48.1. The molecule has 2 fully saturated rings. The molecule has 0 unspecified atom stereocenters. The molecule has 2 nitrogen and oxygen atoms in total. The SMILES string of the molecule is CCCCCCCC1C[C@]23CC(CCCCCCC)C[C@@]2(C1)c1cc(N(c2ccccc2)c2c(C)cc(CCCC)cc2C)ccc1-c1ccc(N(c2ccccc2)c2c(C)cc(CCCC)cc2C)cc13. The van der Waals surface area contributed by atoms with Crippen molar-refractivity contribution < 1.29 is 0 Å². The minimum Gasteiger partial charge on any atom is -0.310 e. The topological polar surface area (TPSA) is 6.48 Å². The van der Waals surface area contributed by atoms with Gasteiger partial charge in [0.05, 0.1) is 11.4 Å². The van der Waals surface area contributed by atoms with Gasteiger partial charge in [0.15, 0.2) is 0 Å². The fourth-order valence-corrected chi connectivity index (χ4v) is 14.9. The summed E-state index contributed by atoms with van der Waals surface area (Å²) in [6.45, 7) is 18.8. The van der Waals surface area contributed by atoms with Crippen LogP contribution in [0.5, 0.6) is 0 Å². The van der Waals surface area contributed by atoms with Crippen molar-refractivity contribution in [3.63, 3.8) is 0 Å². The molecule has 9 rings (SSSR count). The molecule has 0 radical (unpaired) electrons. The molecule has 6 aromatic rings. The monoisotopic (exact) mass is 959 g/mol. The number of para-hydroxylation sites is 2. The zero-order valence-corrected chi connectivity index (χ0v) is 46.2. The number of aryl methyl sites for hydroxylation is 6. The van der Waals surface area contributed by atoms with Crippen LogP contribution in [0, 0.1) is 39.5 Å².